The summed E-state index contributed by atoms with van der Waals surface area (Å²) in [6.07, 6.45) is 0. The lowest BCUT2D eigenvalue weighted by Crippen LogP contribution is -2.31. The van der Waals surface area contributed by atoms with Crippen molar-refractivity contribution in [1.82, 2.24) is 4.90 Å². The van der Waals surface area contributed by atoms with Crippen molar-refractivity contribution in [1.29, 1.82) is 0 Å². The highest BCUT2D eigenvalue weighted by Gasteiger charge is 2.03. The molecule has 1 aromatic carbocycles. The second kappa shape index (κ2) is 10.0. The molecule has 0 amide bonds. The summed E-state index contributed by atoms with van der Waals surface area (Å²) in [5.41, 5.74) is 6.16. The maximum Gasteiger partial charge on any atom is 0.170 e. The van der Waals surface area contributed by atoms with Crippen LogP contribution in [-0.4, -0.2) is 55.4 Å². The molecule has 0 aliphatic rings. The number of rotatable bonds is 10. The van der Waals surface area contributed by atoms with Crippen molar-refractivity contribution in [2.24, 2.45) is 10.9 Å². The van der Waals surface area contributed by atoms with E-state index in [9.17, 15) is 0 Å². The van der Waals surface area contributed by atoms with Crippen molar-refractivity contribution in [2.45, 2.75) is 13.8 Å². The van der Waals surface area contributed by atoms with Gasteiger partial charge in [-0.1, -0.05) is 12.1 Å². The molecule has 21 heavy (non-hydrogen) atoms. The fourth-order valence-electron chi connectivity index (χ4n) is 1.84. The summed E-state index contributed by atoms with van der Waals surface area (Å²) in [5, 5.41) is 11.5. The van der Waals surface area contributed by atoms with Crippen LogP contribution >= 0.6 is 0 Å². The summed E-state index contributed by atoms with van der Waals surface area (Å²) in [6.45, 7) is 8.97. The molecule has 6 heteroatoms. The quantitative estimate of drug-likeness (QED) is 0.225. The van der Waals surface area contributed by atoms with Crippen LogP contribution < -0.4 is 10.5 Å². The molecule has 0 heterocycles. The minimum Gasteiger partial charge on any atom is -0.492 e. The number of nitrogens with zero attached hydrogens (tertiary/aromatic N) is 2. The van der Waals surface area contributed by atoms with Crippen molar-refractivity contribution in [3.63, 3.8) is 0 Å². The standard InChI is InChI=1S/C15H25N3O3/c1-3-18(9-11-20-4-2)10-12-21-14-7-5-13(6-8-14)15(16)17-19/h5-8,19H,3-4,9-12H2,1-2H3,(H2,16,17). The van der Waals surface area contributed by atoms with Gasteiger partial charge in [0.2, 0.25) is 0 Å². The molecule has 1 rings (SSSR count). The molecule has 0 unspecified atom stereocenters. The predicted octanol–water partition coefficient (Wildman–Crippen LogP) is 1.52. The highest BCUT2D eigenvalue weighted by atomic mass is 16.5. The second-order valence-corrected chi connectivity index (χ2v) is 4.49. The van der Waals surface area contributed by atoms with Gasteiger partial charge in [0.05, 0.1) is 6.61 Å². The van der Waals surface area contributed by atoms with Crippen molar-refractivity contribution in [3.8, 4) is 5.75 Å². The number of hydrogen-bond donors (Lipinski definition) is 2. The fourth-order valence-corrected chi connectivity index (χ4v) is 1.84. The Balaban J connectivity index is 2.34. The van der Waals surface area contributed by atoms with Crippen LogP contribution in [0.1, 0.15) is 19.4 Å². The number of amidine groups is 1. The SMILES string of the molecule is CCOCCN(CC)CCOc1ccc(C(N)=NO)cc1. The van der Waals surface area contributed by atoms with Crippen LogP contribution in [0.5, 0.6) is 5.75 Å². The molecule has 6 nitrogen and oxygen atoms in total. The average Bonchev–Trinajstić information content (AvgIpc) is 2.53. The molecule has 0 atom stereocenters. The Morgan fingerprint density at radius 3 is 2.43 bits per heavy atom. The summed E-state index contributed by atoms with van der Waals surface area (Å²) < 4.78 is 11.0. The summed E-state index contributed by atoms with van der Waals surface area (Å²) in [6, 6.07) is 7.14. The molecular formula is C15H25N3O3. The van der Waals surface area contributed by atoms with Crippen molar-refractivity contribution < 1.29 is 14.7 Å². The number of ether oxygens (including phenoxy) is 2. The van der Waals surface area contributed by atoms with Gasteiger partial charge < -0.3 is 20.4 Å². The molecule has 0 fully saturated rings. The number of nitrogens with two attached hydrogens (primary N) is 1. The molecule has 0 spiro atoms. The van der Waals surface area contributed by atoms with E-state index in [4.69, 9.17) is 20.4 Å². The monoisotopic (exact) mass is 295 g/mol. The molecule has 0 saturated heterocycles. The molecule has 1 aromatic rings. The van der Waals surface area contributed by atoms with E-state index >= 15 is 0 Å². The van der Waals surface area contributed by atoms with E-state index < -0.39 is 0 Å². The van der Waals surface area contributed by atoms with E-state index in [0.717, 1.165) is 38.6 Å². The number of benzene rings is 1. The number of oxime groups is 1. The van der Waals surface area contributed by atoms with Crippen LogP contribution in [0, 0.1) is 0 Å². The van der Waals surface area contributed by atoms with E-state index in [-0.39, 0.29) is 5.84 Å². The van der Waals surface area contributed by atoms with Crippen LogP contribution in [0.2, 0.25) is 0 Å². The molecule has 118 valence electrons. The van der Waals surface area contributed by atoms with E-state index in [1.54, 1.807) is 12.1 Å². The van der Waals surface area contributed by atoms with Gasteiger partial charge in [0.1, 0.15) is 12.4 Å². The van der Waals surface area contributed by atoms with Crippen molar-refractivity contribution in [3.05, 3.63) is 29.8 Å². The van der Waals surface area contributed by atoms with Gasteiger partial charge in [0, 0.05) is 25.3 Å². The molecule has 0 aliphatic carbocycles. The third kappa shape index (κ3) is 6.46. The molecular weight excluding hydrogens is 270 g/mol. The number of hydrogen-bond acceptors (Lipinski definition) is 5. The predicted molar refractivity (Wildman–Crippen MR) is 83.1 cm³/mol. The largest absolute Gasteiger partial charge is 0.492 e. The van der Waals surface area contributed by atoms with Gasteiger partial charge in [-0.2, -0.15) is 0 Å². The van der Waals surface area contributed by atoms with Gasteiger partial charge >= 0.3 is 0 Å². The Bertz CT molecular complexity index is 421. The molecule has 0 aromatic heterocycles. The van der Waals surface area contributed by atoms with Gasteiger partial charge in [-0.05, 0) is 37.7 Å². The van der Waals surface area contributed by atoms with E-state index in [1.807, 2.05) is 19.1 Å². The highest BCUT2D eigenvalue weighted by molar-refractivity contribution is 5.97. The van der Waals surface area contributed by atoms with Gasteiger partial charge in [0.25, 0.3) is 0 Å². The third-order valence-corrected chi connectivity index (χ3v) is 3.14. The van der Waals surface area contributed by atoms with Crippen LogP contribution in [0.3, 0.4) is 0 Å². The Labute approximate surface area is 126 Å². The minimum atomic E-state index is 0.0923. The van der Waals surface area contributed by atoms with Crippen LogP contribution in [0.15, 0.2) is 29.4 Å². The third-order valence-electron chi connectivity index (χ3n) is 3.14. The van der Waals surface area contributed by atoms with Crippen molar-refractivity contribution in [2.75, 3.05) is 39.5 Å². The second-order valence-electron chi connectivity index (χ2n) is 4.49. The molecule has 0 bridgehead atoms. The van der Waals surface area contributed by atoms with E-state index in [0.29, 0.717) is 12.2 Å². The first-order valence-electron chi connectivity index (χ1n) is 7.22. The normalized spacial score (nSPS) is 11.9. The van der Waals surface area contributed by atoms with Gasteiger partial charge in [-0.15, -0.1) is 0 Å². The smallest absolute Gasteiger partial charge is 0.170 e. The van der Waals surface area contributed by atoms with E-state index in [2.05, 4.69) is 17.0 Å². The zero-order valence-electron chi connectivity index (χ0n) is 12.8. The topological polar surface area (TPSA) is 80.3 Å². The lowest BCUT2D eigenvalue weighted by molar-refractivity contribution is 0.108. The molecule has 0 saturated carbocycles. The first kappa shape index (κ1) is 17.3. The van der Waals surface area contributed by atoms with Gasteiger partial charge in [-0.3, -0.25) is 4.90 Å². The lowest BCUT2D eigenvalue weighted by Gasteiger charge is -2.20. The van der Waals surface area contributed by atoms with E-state index in [1.165, 1.54) is 0 Å². The first-order valence-corrected chi connectivity index (χ1v) is 7.22. The minimum absolute atomic E-state index is 0.0923. The van der Waals surface area contributed by atoms with Gasteiger partial charge in [0.15, 0.2) is 5.84 Å². The van der Waals surface area contributed by atoms with Crippen LogP contribution in [-0.2, 0) is 4.74 Å². The maximum absolute atomic E-state index is 8.59. The molecule has 0 radical (unpaired) electrons. The summed E-state index contributed by atoms with van der Waals surface area (Å²) in [5.74, 6) is 0.861. The van der Waals surface area contributed by atoms with Crippen LogP contribution in [0.25, 0.3) is 0 Å². The Morgan fingerprint density at radius 2 is 1.86 bits per heavy atom. The average molecular weight is 295 g/mol. The Kier molecular flexibility index (Phi) is 8.23. The zero-order valence-corrected chi connectivity index (χ0v) is 12.8. The maximum atomic E-state index is 8.59. The molecule has 3 N–H and O–H groups in total. The van der Waals surface area contributed by atoms with Gasteiger partial charge in [-0.25, -0.2) is 0 Å². The lowest BCUT2D eigenvalue weighted by atomic mass is 10.2. The summed E-state index contributed by atoms with van der Waals surface area (Å²) in [4.78, 5) is 2.28. The van der Waals surface area contributed by atoms with Crippen LogP contribution in [0.4, 0.5) is 0 Å². The first-order chi connectivity index (χ1) is 10.2. The fraction of sp³-hybridized carbons (Fsp3) is 0.533. The number of likely N-dealkylation sites (N-methyl/N-ethyl adjacent to an activating group) is 1. The highest BCUT2D eigenvalue weighted by Crippen LogP contribution is 2.12. The zero-order chi connectivity index (χ0) is 15.5. The summed E-state index contributed by atoms with van der Waals surface area (Å²) >= 11 is 0. The van der Waals surface area contributed by atoms with Crippen molar-refractivity contribution >= 4 is 5.84 Å². The molecule has 0 aliphatic heterocycles. The summed E-state index contributed by atoms with van der Waals surface area (Å²) in [7, 11) is 0. The Hall–Kier alpha value is -1.79. The Morgan fingerprint density at radius 1 is 1.19 bits per heavy atom.